The molecule has 2 aromatic rings. The van der Waals surface area contributed by atoms with Gasteiger partial charge in [-0.15, -0.1) is 5.10 Å². The maximum atomic E-state index is 14.1. The van der Waals surface area contributed by atoms with Crippen molar-refractivity contribution in [3.8, 4) is 0 Å². The quantitative estimate of drug-likeness (QED) is 0.639. The number of aliphatic carboxylic acids is 1. The van der Waals surface area contributed by atoms with Crippen LogP contribution in [0.25, 0.3) is 0 Å². The van der Waals surface area contributed by atoms with Crippen molar-refractivity contribution >= 4 is 23.5 Å². The van der Waals surface area contributed by atoms with Gasteiger partial charge in [-0.2, -0.15) is 0 Å². The molecular formula is C17H20FN5O4. The molecule has 2 amide bonds. The van der Waals surface area contributed by atoms with Crippen molar-refractivity contribution in [3.63, 3.8) is 0 Å². The number of halogens is 1. The number of nitrogens with one attached hydrogen (secondary N) is 2. The zero-order valence-corrected chi connectivity index (χ0v) is 14.9. The van der Waals surface area contributed by atoms with Crippen molar-refractivity contribution in [2.45, 2.75) is 33.4 Å². The van der Waals surface area contributed by atoms with Gasteiger partial charge in [0.2, 0.25) is 5.91 Å². The molecule has 0 unspecified atom stereocenters. The number of rotatable bonds is 8. The Labute approximate surface area is 154 Å². The third kappa shape index (κ3) is 6.17. The number of carboxylic acid groups (broad SMARTS) is 1. The summed E-state index contributed by atoms with van der Waals surface area (Å²) in [6.45, 7) is 3.43. The first-order valence-corrected chi connectivity index (χ1v) is 8.23. The SMILES string of the molecule is CC(C)CC(=O)Nc1ccc(C(=O)NCc2cn(CC(=O)O)nn2)cc1F. The lowest BCUT2D eigenvalue weighted by Gasteiger charge is -2.09. The molecule has 3 N–H and O–H groups in total. The van der Waals surface area contributed by atoms with Gasteiger partial charge in [-0.1, -0.05) is 19.1 Å². The Morgan fingerprint density at radius 1 is 1.30 bits per heavy atom. The molecule has 2 rings (SSSR count). The summed E-state index contributed by atoms with van der Waals surface area (Å²) in [6.07, 6.45) is 1.66. The highest BCUT2D eigenvalue weighted by atomic mass is 19.1. The molecule has 0 aliphatic heterocycles. The second-order valence-electron chi connectivity index (χ2n) is 6.32. The summed E-state index contributed by atoms with van der Waals surface area (Å²) in [5.74, 6) is -2.47. The van der Waals surface area contributed by atoms with Crippen molar-refractivity contribution in [2.24, 2.45) is 5.92 Å². The maximum absolute atomic E-state index is 14.1. The second-order valence-corrected chi connectivity index (χ2v) is 6.32. The van der Waals surface area contributed by atoms with Gasteiger partial charge in [0.05, 0.1) is 18.4 Å². The van der Waals surface area contributed by atoms with Crippen LogP contribution in [0.4, 0.5) is 10.1 Å². The molecule has 27 heavy (non-hydrogen) atoms. The maximum Gasteiger partial charge on any atom is 0.325 e. The first kappa shape index (κ1) is 20.0. The van der Waals surface area contributed by atoms with Crippen LogP contribution in [0, 0.1) is 11.7 Å². The molecule has 144 valence electrons. The molecule has 1 aromatic heterocycles. The van der Waals surface area contributed by atoms with Gasteiger partial charge in [0.25, 0.3) is 5.91 Å². The molecule has 1 aromatic carbocycles. The van der Waals surface area contributed by atoms with E-state index < -0.39 is 17.7 Å². The number of carboxylic acids is 1. The highest BCUT2D eigenvalue weighted by molar-refractivity contribution is 5.95. The highest BCUT2D eigenvalue weighted by Crippen LogP contribution is 2.17. The van der Waals surface area contributed by atoms with Crippen molar-refractivity contribution in [3.05, 3.63) is 41.5 Å². The molecule has 0 bridgehead atoms. The van der Waals surface area contributed by atoms with Crippen molar-refractivity contribution in [2.75, 3.05) is 5.32 Å². The van der Waals surface area contributed by atoms with Crippen LogP contribution >= 0.6 is 0 Å². The minimum atomic E-state index is -1.06. The molecule has 0 saturated carbocycles. The molecule has 1 heterocycles. The number of hydrogen-bond acceptors (Lipinski definition) is 5. The summed E-state index contributed by atoms with van der Waals surface area (Å²) in [7, 11) is 0. The lowest BCUT2D eigenvalue weighted by Crippen LogP contribution is -2.23. The average molecular weight is 377 g/mol. The van der Waals surface area contributed by atoms with E-state index in [0.717, 1.165) is 10.7 Å². The van der Waals surface area contributed by atoms with Crippen molar-refractivity contribution in [1.29, 1.82) is 0 Å². The molecular weight excluding hydrogens is 357 g/mol. The molecule has 0 aliphatic carbocycles. The molecule has 0 atom stereocenters. The lowest BCUT2D eigenvalue weighted by atomic mass is 10.1. The smallest absolute Gasteiger partial charge is 0.325 e. The molecule has 0 saturated heterocycles. The highest BCUT2D eigenvalue weighted by Gasteiger charge is 2.13. The van der Waals surface area contributed by atoms with Crippen LogP contribution in [-0.2, 0) is 22.7 Å². The molecule has 0 fully saturated rings. The van der Waals surface area contributed by atoms with Crippen LogP contribution in [0.2, 0.25) is 0 Å². The summed E-state index contributed by atoms with van der Waals surface area (Å²) in [5.41, 5.74) is 0.448. The van der Waals surface area contributed by atoms with Gasteiger partial charge in [-0.3, -0.25) is 14.4 Å². The van der Waals surface area contributed by atoms with E-state index in [9.17, 15) is 18.8 Å². The minimum absolute atomic E-state index is 0.00689. The van der Waals surface area contributed by atoms with E-state index in [-0.39, 0.29) is 42.6 Å². The van der Waals surface area contributed by atoms with Crippen molar-refractivity contribution < 1.29 is 23.9 Å². The minimum Gasteiger partial charge on any atom is -0.480 e. The number of carbonyl (C=O) groups is 3. The first-order valence-electron chi connectivity index (χ1n) is 8.23. The van der Waals surface area contributed by atoms with Crippen LogP contribution < -0.4 is 10.6 Å². The molecule has 10 heteroatoms. The fourth-order valence-electron chi connectivity index (χ4n) is 2.24. The Kier molecular flexibility index (Phi) is 6.58. The zero-order valence-electron chi connectivity index (χ0n) is 14.9. The number of anilines is 1. The van der Waals surface area contributed by atoms with Crippen LogP contribution in [0.1, 0.15) is 36.3 Å². The predicted molar refractivity (Wildman–Crippen MR) is 93.3 cm³/mol. The van der Waals surface area contributed by atoms with Gasteiger partial charge in [-0.05, 0) is 24.1 Å². The first-order chi connectivity index (χ1) is 12.7. The van der Waals surface area contributed by atoms with Gasteiger partial charge < -0.3 is 15.7 Å². The summed E-state index contributed by atoms with van der Waals surface area (Å²) in [5, 5.41) is 21.0. The molecule has 0 radical (unpaired) electrons. The Hall–Kier alpha value is -3.30. The summed E-state index contributed by atoms with van der Waals surface area (Å²) < 4.78 is 15.2. The topological polar surface area (TPSA) is 126 Å². The third-order valence-corrected chi connectivity index (χ3v) is 3.41. The van der Waals surface area contributed by atoms with E-state index in [4.69, 9.17) is 5.11 Å². The monoisotopic (exact) mass is 377 g/mol. The summed E-state index contributed by atoms with van der Waals surface area (Å²) >= 11 is 0. The normalized spacial score (nSPS) is 10.7. The van der Waals surface area contributed by atoms with Crippen molar-refractivity contribution in [1.82, 2.24) is 20.3 Å². The predicted octanol–water partition coefficient (Wildman–Crippen LogP) is 1.42. The third-order valence-electron chi connectivity index (χ3n) is 3.41. The lowest BCUT2D eigenvalue weighted by molar-refractivity contribution is -0.137. The Balaban J connectivity index is 1.94. The van der Waals surface area contributed by atoms with Crippen LogP contribution in [0.5, 0.6) is 0 Å². The average Bonchev–Trinajstić information content (AvgIpc) is 3.00. The second kappa shape index (κ2) is 8.88. The fourth-order valence-corrected chi connectivity index (χ4v) is 2.24. The zero-order chi connectivity index (χ0) is 20.0. The van der Waals surface area contributed by atoms with E-state index in [1.54, 1.807) is 0 Å². The summed E-state index contributed by atoms with van der Waals surface area (Å²) in [6, 6.07) is 3.75. The van der Waals surface area contributed by atoms with Crippen LogP contribution in [0.3, 0.4) is 0 Å². The van der Waals surface area contributed by atoms with Crippen LogP contribution in [0.15, 0.2) is 24.4 Å². The van der Waals surface area contributed by atoms with E-state index in [1.807, 2.05) is 13.8 Å². The Bertz CT molecular complexity index is 850. The van der Waals surface area contributed by atoms with E-state index in [1.165, 1.54) is 18.3 Å². The standard InChI is InChI=1S/C17H20FN5O4/c1-10(2)5-15(24)20-14-4-3-11(6-13(14)18)17(27)19-7-12-8-23(22-21-12)9-16(25)26/h3-4,6,8,10H,5,7,9H2,1-2H3,(H,19,27)(H,20,24)(H,25,26). The Morgan fingerprint density at radius 2 is 2.04 bits per heavy atom. The molecule has 0 aliphatic rings. The number of benzene rings is 1. The largest absolute Gasteiger partial charge is 0.480 e. The number of aromatic nitrogens is 3. The van der Waals surface area contributed by atoms with Crippen LogP contribution in [-0.4, -0.2) is 37.9 Å². The van der Waals surface area contributed by atoms with E-state index in [0.29, 0.717) is 5.69 Å². The molecule has 9 nitrogen and oxygen atoms in total. The Morgan fingerprint density at radius 3 is 2.67 bits per heavy atom. The number of carbonyl (C=O) groups excluding carboxylic acids is 2. The number of amides is 2. The van der Waals surface area contributed by atoms with Gasteiger partial charge >= 0.3 is 5.97 Å². The summed E-state index contributed by atoms with van der Waals surface area (Å²) in [4.78, 5) is 34.4. The fraction of sp³-hybridized carbons (Fsp3) is 0.353. The number of hydrogen-bond donors (Lipinski definition) is 3. The van der Waals surface area contributed by atoms with Gasteiger partial charge in [0.15, 0.2) is 0 Å². The van der Waals surface area contributed by atoms with Gasteiger partial charge in [0.1, 0.15) is 18.1 Å². The van der Waals surface area contributed by atoms with E-state index in [2.05, 4.69) is 20.9 Å². The van der Waals surface area contributed by atoms with Gasteiger partial charge in [-0.25, -0.2) is 9.07 Å². The molecule has 0 spiro atoms. The number of nitrogens with zero attached hydrogens (tertiary/aromatic N) is 3. The van der Waals surface area contributed by atoms with Gasteiger partial charge in [0, 0.05) is 12.0 Å². The van der Waals surface area contributed by atoms with E-state index >= 15 is 0 Å².